The maximum Gasteiger partial charge on any atom is 0.231 e. The van der Waals surface area contributed by atoms with Gasteiger partial charge < -0.3 is 0 Å². The standard InChI is InChI=1S/C12H8Cl2FN3O/c13-8-2-1-3-9(15)7(8)6-11(19)18-12-16-5-4-10(14)17-12/h1-5H,6H2,(H,16,17,18,19). The minimum Gasteiger partial charge on any atom is -0.294 e. The van der Waals surface area contributed by atoms with Crippen molar-refractivity contribution >= 4 is 35.1 Å². The average molecular weight is 300 g/mol. The molecule has 0 aliphatic carbocycles. The number of hydrogen-bond acceptors (Lipinski definition) is 3. The predicted octanol–water partition coefficient (Wildman–Crippen LogP) is 3.10. The Hall–Kier alpha value is -1.72. The Bertz CT molecular complexity index is 601. The van der Waals surface area contributed by atoms with Crippen LogP contribution < -0.4 is 5.32 Å². The molecule has 98 valence electrons. The van der Waals surface area contributed by atoms with E-state index in [2.05, 4.69) is 15.3 Å². The Morgan fingerprint density at radius 1 is 1.32 bits per heavy atom. The van der Waals surface area contributed by atoms with Crippen LogP contribution in [0.2, 0.25) is 10.2 Å². The number of carbonyl (C=O) groups is 1. The average Bonchev–Trinajstić information content (AvgIpc) is 2.34. The summed E-state index contributed by atoms with van der Waals surface area (Å²) < 4.78 is 13.5. The molecule has 1 N–H and O–H groups in total. The van der Waals surface area contributed by atoms with Gasteiger partial charge in [0.2, 0.25) is 11.9 Å². The van der Waals surface area contributed by atoms with Crippen molar-refractivity contribution in [2.75, 3.05) is 5.32 Å². The summed E-state index contributed by atoms with van der Waals surface area (Å²) in [5.74, 6) is -0.950. The first-order chi connectivity index (χ1) is 9.06. The van der Waals surface area contributed by atoms with Gasteiger partial charge in [-0.05, 0) is 18.2 Å². The Morgan fingerprint density at radius 2 is 2.11 bits per heavy atom. The van der Waals surface area contributed by atoms with E-state index in [4.69, 9.17) is 23.2 Å². The summed E-state index contributed by atoms with van der Waals surface area (Å²) in [5, 5.41) is 2.81. The lowest BCUT2D eigenvalue weighted by Gasteiger charge is -2.06. The monoisotopic (exact) mass is 299 g/mol. The number of nitrogens with one attached hydrogen (secondary N) is 1. The summed E-state index contributed by atoms with van der Waals surface area (Å²) in [6.07, 6.45) is 1.20. The lowest BCUT2D eigenvalue weighted by atomic mass is 10.1. The number of nitrogens with zero attached hydrogens (tertiary/aromatic N) is 2. The molecule has 0 saturated heterocycles. The quantitative estimate of drug-likeness (QED) is 0.886. The molecule has 7 heteroatoms. The van der Waals surface area contributed by atoms with Gasteiger partial charge in [0.05, 0.1) is 6.42 Å². The van der Waals surface area contributed by atoms with Gasteiger partial charge in [0.1, 0.15) is 11.0 Å². The van der Waals surface area contributed by atoms with E-state index in [1.165, 1.54) is 30.5 Å². The van der Waals surface area contributed by atoms with E-state index in [1.807, 2.05) is 0 Å². The van der Waals surface area contributed by atoms with Crippen LogP contribution in [-0.2, 0) is 11.2 Å². The molecule has 0 atom stereocenters. The van der Waals surface area contributed by atoms with Crippen LogP contribution >= 0.6 is 23.2 Å². The van der Waals surface area contributed by atoms with Gasteiger partial charge in [-0.3, -0.25) is 10.1 Å². The highest BCUT2D eigenvalue weighted by molar-refractivity contribution is 6.31. The fraction of sp³-hybridized carbons (Fsp3) is 0.0833. The first-order valence-corrected chi connectivity index (χ1v) is 6.03. The molecule has 19 heavy (non-hydrogen) atoms. The molecule has 1 heterocycles. The molecule has 0 spiro atoms. The number of halogens is 3. The Labute approximate surface area is 118 Å². The normalized spacial score (nSPS) is 10.3. The molecule has 0 aliphatic rings. The molecule has 1 aromatic heterocycles. The van der Waals surface area contributed by atoms with E-state index in [1.54, 1.807) is 0 Å². The number of anilines is 1. The van der Waals surface area contributed by atoms with Gasteiger partial charge in [0, 0.05) is 16.8 Å². The highest BCUT2D eigenvalue weighted by Crippen LogP contribution is 2.19. The minimum absolute atomic E-state index is 0.0601. The summed E-state index contributed by atoms with van der Waals surface area (Å²) in [5.41, 5.74) is 0.128. The Kier molecular flexibility index (Phi) is 4.29. The molecule has 0 saturated carbocycles. The smallest absolute Gasteiger partial charge is 0.231 e. The molecule has 4 nitrogen and oxygen atoms in total. The van der Waals surface area contributed by atoms with Gasteiger partial charge >= 0.3 is 0 Å². The van der Waals surface area contributed by atoms with Gasteiger partial charge in [-0.2, -0.15) is 0 Å². The molecule has 1 amide bonds. The van der Waals surface area contributed by atoms with Crippen molar-refractivity contribution in [3.8, 4) is 0 Å². The second-order valence-corrected chi connectivity index (χ2v) is 4.42. The number of carbonyl (C=O) groups excluding carboxylic acids is 1. The summed E-state index contributed by atoms with van der Waals surface area (Å²) >= 11 is 11.5. The van der Waals surface area contributed by atoms with E-state index in [-0.39, 0.29) is 28.1 Å². The zero-order valence-electron chi connectivity index (χ0n) is 9.53. The maximum atomic E-state index is 13.5. The van der Waals surface area contributed by atoms with Gasteiger partial charge in [-0.1, -0.05) is 29.3 Å². The number of benzene rings is 1. The largest absolute Gasteiger partial charge is 0.294 e. The minimum atomic E-state index is -0.533. The lowest BCUT2D eigenvalue weighted by Crippen LogP contribution is -2.17. The third-order valence-electron chi connectivity index (χ3n) is 2.27. The molecular formula is C12H8Cl2FN3O. The number of rotatable bonds is 3. The molecule has 0 fully saturated rings. The van der Waals surface area contributed by atoms with Crippen molar-refractivity contribution in [1.82, 2.24) is 9.97 Å². The van der Waals surface area contributed by atoms with Gasteiger partial charge in [-0.15, -0.1) is 0 Å². The van der Waals surface area contributed by atoms with E-state index < -0.39 is 11.7 Å². The van der Waals surface area contributed by atoms with Crippen LogP contribution in [0, 0.1) is 5.82 Å². The van der Waals surface area contributed by atoms with E-state index in [0.717, 1.165) is 0 Å². The van der Waals surface area contributed by atoms with Gasteiger partial charge in [0.15, 0.2) is 0 Å². The van der Waals surface area contributed by atoms with Gasteiger partial charge in [0.25, 0.3) is 0 Å². The van der Waals surface area contributed by atoms with Crippen molar-refractivity contribution < 1.29 is 9.18 Å². The maximum absolute atomic E-state index is 13.5. The van der Waals surface area contributed by atoms with Crippen LogP contribution in [0.25, 0.3) is 0 Å². The molecule has 0 radical (unpaired) electrons. The molecular weight excluding hydrogens is 292 g/mol. The molecule has 1 aromatic carbocycles. The third-order valence-corrected chi connectivity index (χ3v) is 2.84. The van der Waals surface area contributed by atoms with Gasteiger partial charge in [-0.25, -0.2) is 14.4 Å². The first-order valence-electron chi connectivity index (χ1n) is 5.27. The van der Waals surface area contributed by atoms with Crippen molar-refractivity contribution in [1.29, 1.82) is 0 Å². The third kappa shape index (κ3) is 3.62. The second-order valence-electron chi connectivity index (χ2n) is 3.63. The van der Waals surface area contributed by atoms with Crippen molar-refractivity contribution in [3.05, 3.63) is 52.0 Å². The van der Waals surface area contributed by atoms with Crippen LogP contribution in [0.5, 0.6) is 0 Å². The summed E-state index contributed by atoms with van der Waals surface area (Å²) in [6, 6.07) is 5.71. The Morgan fingerprint density at radius 3 is 2.79 bits per heavy atom. The van der Waals surface area contributed by atoms with Crippen LogP contribution in [0.3, 0.4) is 0 Å². The van der Waals surface area contributed by atoms with Crippen LogP contribution in [0.1, 0.15) is 5.56 Å². The SMILES string of the molecule is O=C(Cc1c(F)cccc1Cl)Nc1nccc(Cl)n1. The molecule has 0 aliphatic heterocycles. The topological polar surface area (TPSA) is 54.9 Å². The summed E-state index contributed by atoms with van der Waals surface area (Å²) in [4.78, 5) is 19.3. The van der Waals surface area contributed by atoms with E-state index in [9.17, 15) is 9.18 Å². The Balaban J connectivity index is 2.10. The molecule has 0 unspecified atom stereocenters. The zero-order chi connectivity index (χ0) is 13.8. The summed E-state index contributed by atoms with van der Waals surface area (Å²) in [7, 11) is 0. The lowest BCUT2D eigenvalue weighted by molar-refractivity contribution is -0.115. The highest BCUT2D eigenvalue weighted by atomic mass is 35.5. The van der Waals surface area contributed by atoms with E-state index >= 15 is 0 Å². The second kappa shape index (κ2) is 5.95. The van der Waals surface area contributed by atoms with E-state index in [0.29, 0.717) is 0 Å². The number of aromatic nitrogens is 2. The van der Waals surface area contributed by atoms with Crippen molar-refractivity contribution in [2.45, 2.75) is 6.42 Å². The van der Waals surface area contributed by atoms with Crippen molar-refractivity contribution in [3.63, 3.8) is 0 Å². The fourth-order valence-electron chi connectivity index (χ4n) is 1.43. The number of amides is 1. The van der Waals surface area contributed by atoms with Crippen molar-refractivity contribution in [2.24, 2.45) is 0 Å². The fourth-order valence-corrected chi connectivity index (χ4v) is 1.79. The van der Waals surface area contributed by atoms with Crippen LogP contribution in [0.15, 0.2) is 30.5 Å². The zero-order valence-corrected chi connectivity index (χ0v) is 11.0. The molecule has 2 rings (SSSR count). The molecule has 2 aromatic rings. The predicted molar refractivity (Wildman–Crippen MR) is 70.8 cm³/mol. The summed E-state index contributed by atoms with van der Waals surface area (Å²) in [6.45, 7) is 0. The molecule has 0 bridgehead atoms. The number of hydrogen-bond donors (Lipinski definition) is 1. The highest BCUT2D eigenvalue weighted by Gasteiger charge is 2.12. The van der Waals surface area contributed by atoms with Crippen LogP contribution in [0.4, 0.5) is 10.3 Å². The van der Waals surface area contributed by atoms with Crippen LogP contribution in [-0.4, -0.2) is 15.9 Å². The first kappa shape index (κ1) is 13.7.